The summed E-state index contributed by atoms with van der Waals surface area (Å²) in [6.07, 6.45) is 0.805. The number of fused-ring (bicyclic) bond motifs is 1. The van der Waals surface area contributed by atoms with Crippen molar-refractivity contribution in [2.24, 2.45) is 7.05 Å². The second kappa shape index (κ2) is 6.83. The number of nitrogens with zero attached hydrogens (tertiary/aromatic N) is 2. The van der Waals surface area contributed by atoms with Crippen LogP contribution < -0.4 is 0 Å². The van der Waals surface area contributed by atoms with Crippen molar-refractivity contribution in [1.29, 1.82) is 0 Å². The van der Waals surface area contributed by atoms with Gasteiger partial charge in [-0.15, -0.1) is 0 Å². The van der Waals surface area contributed by atoms with E-state index in [4.69, 9.17) is 27.9 Å². The van der Waals surface area contributed by atoms with Crippen molar-refractivity contribution in [3.8, 4) is 11.3 Å². The molecule has 2 aromatic heterocycles. The second-order valence-corrected chi connectivity index (χ2v) is 6.29. The Bertz CT molecular complexity index is 902. The third-order valence-electron chi connectivity index (χ3n) is 4.03. The molecule has 124 valence electrons. The number of rotatable bonds is 4. The average Bonchev–Trinajstić information content (AvgIpc) is 2.85. The Morgan fingerprint density at radius 2 is 1.88 bits per heavy atom. The van der Waals surface area contributed by atoms with Gasteiger partial charge in [-0.05, 0) is 36.2 Å². The summed E-state index contributed by atoms with van der Waals surface area (Å²) >= 11 is 12.1. The molecule has 1 aromatic carbocycles. The van der Waals surface area contributed by atoms with E-state index in [0.29, 0.717) is 16.6 Å². The minimum Gasteiger partial charge on any atom is -0.469 e. The molecule has 0 radical (unpaired) electrons. The fourth-order valence-corrected chi connectivity index (χ4v) is 3.17. The van der Waals surface area contributed by atoms with Crippen molar-refractivity contribution in [3.05, 3.63) is 52.1 Å². The van der Waals surface area contributed by atoms with Crippen LogP contribution in [-0.4, -0.2) is 22.6 Å². The Morgan fingerprint density at radius 3 is 2.54 bits per heavy atom. The highest BCUT2D eigenvalue weighted by molar-refractivity contribution is 6.30. The first-order valence-corrected chi connectivity index (χ1v) is 8.23. The summed E-state index contributed by atoms with van der Waals surface area (Å²) in [4.78, 5) is 16.1. The van der Waals surface area contributed by atoms with Gasteiger partial charge in [0.25, 0.3) is 0 Å². The predicted molar refractivity (Wildman–Crippen MR) is 96.5 cm³/mol. The van der Waals surface area contributed by atoms with Crippen LogP contribution in [0.2, 0.25) is 10.2 Å². The molecule has 0 saturated heterocycles. The number of benzene rings is 1. The van der Waals surface area contributed by atoms with E-state index in [2.05, 4.69) is 9.55 Å². The highest BCUT2D eigenvalue weighted by atomic mass is 35.5. The van der Waals surface area contributed by atoms with Crippen LogP contribution in [0.5, 0.6) is 0 Å². The Balaban J connectivity index is 2.20. The molecule has 0 spiro atoms. The summed E-state index contributed by atoms with van der Waals surface area (Å²) in [7, 11) is 3.37. The molecule has 0 saturated carbocycles. The predicted octanol–water partition coefficient (Wildman–Crippen LogP) is 4.65. The van der Waals surface area contributed by atoms with E-state index in [-0.39, 0.29) is 12.4 Å². The first-order valence-electron chi connectivity index (χ1n) is 7.48. The van der Waals surface area contributed by atoms with E-state index in [1.165, 1.54) is 7.11 Å². The van der Waals surface area contributed by atoms with Crippen molar-refractivity contribution in [3.63, 3.8) is 0 Å². The number of aryl methyl sites for hydroxylation is 2. The molecule has 3 rings (SSSR count). The Kier molecular flexibility index (Phi) is 4.78. The first-order chi connectivity index (χ1) is 11.5. The minimum absolute atomic E-state index is 0.254. The fourth-order valence-electron chi connectivity index (χ4n) is 2.90. The molecule has 0 aliphatic heterocycles. The molecular formula is C18H16Cl2N2O2. The third-order valence-corrected chi connectivity index (χ3v) is 4.50. The summed E-state index contributed by atoms with van der Waals surface area (Å²) < 4.78 is 6.83. The molecule has 6 heteroatoms. The third kappa shape index (κ3) is 3.12. The van der Waals surface area contributed by atoms with Gasteiger partial charge in [0.1, 0.15) is 5.15 Å². The van der Waals surface area contributed by atoms with Crippen molar-refractivity contribution < 1.29 is 9.53 Å². The van der Waals surface area contributed by atoms with Crippen LogP contribution in [0, 0.1) is 0 Å². The van der Waals surface area contributed by atoms with Crippen LogP contribution in [0.3, 0.4) is 0 Å². The van der Waals surface area contributed by atoms with Gasteiger partial charge in [0, 0.05) is 24.1 Å². The number of esters is 1. The highest BCUT2D eigenvalue weighted by Crippen LogP contribution is 2.34. The Labute approximate surface area is 150 Å². The number of aromatic nitrogens is 2. The quantitative estimate of drug-likeness (QED) is 0.501. The van der Waals surface area contributed by atoms with Crippen LogP contribution in [0.15, 0.2) is 36.4 Å². The maximum atomic E-state index is 11.6. The van der Waals surface area contributed by atoms with Crippen molar-refractivity contribution in [1.82, 2.24) is 9.55 Å². The summed E-state index contributed by atoms with van der Waals surface area (Å²) in [5.41, 5.74) is 4.75. The van der Waals surface area contributed by atoms with Gasteiger partial charge in [0.15, 0.2) is 0 Å². The largest absolute Gasteiger partial charge is 0.469 e. The smallest absolute Gasteiger partial charge is 0.305 e. The van der Waals surface area contributed by atoms with E-state index in [0.717, 1.165) is 27.9 Å². The van der Waals surface area contributed by atoms with Gasteiger partial charge < -0.3 is 9.30 Å². The van der Waals surface area contributed by atoms with Crippen molar-refractivity contribution >= 4 is 40.2 Å². The first kappa shape index (κ1) is 16.8. The number of carbonyl (C=O) groups is 1. The number of pyridine rings is 1. The van der Waals surface area contributed by atoms with E-state index in [9.17, 15) is 4.79 Å². The van der Waals surface area contributed by atoms with Crippen LogP contribution in [-0.2, 0) is 23.0 Å². The molecule has 0 fully saturated rings. The Hall–Kier alpha value is -2.04. The number of hydrogen-bond donors (Lipinski definition) is 0. The van der Waals surface area contributed by atoms with Gasteiger partial charge in [-0.25, -0.2) is 4.98 Å². The monoisotopic (exact) mass is 362 g/mol. The fraction of sp³-hybridized carbons (Fsp3) is 0.222. The standard InChI is InChI=1S/C18H16Cl2N2O2/c1-22-14-8-9-15(20)21-17(14)13(7-10-16(23)24-2)18(22)11-3-5-12(19)6-4-11/h3-6,8-9H,7,10H2,1-2H3. The van der Waals surface area contributed by atoms with Gasteiger partial charge in [0.05, 0.1) is 23.8 Å². The summed E-state index contributed by atoms with van der Waals surface area (Å²) in [5.74, 6) is -0.254. The lowest BCUT2D eigenvalue weighted by Crippen LogP contribution is -2.03. The summed E-state index contributed by atoms with van der Waals surface area (Å²) in [6.45, 7) is 0. The zero-order valence-corrected chi connectivity index (χ0v) is 14.9. The summed E-state index contributed by atoms with van der Waals surface area (Å²) in [6, 6.07) is 11.3. The van der Waals surface area contributed by atoms with Gasteiger partial charge in [0.2, 0.25) is 0 Å². The van der Waals surface area contributed by atoms with E-state index in [1.807, 2.05) is 37.4 Å². The van der Waals surface area contributed by atoms with Crippen LogP contribution in [0.25, 0.3) is 22.3 Å². The molecule has 0 amide bonds. The maximum Gasteiger partial charge on any atom is 0.305 e. The number of methoxy groups -OCH3 is 1. The van der Waals surface area contributed by atoms with Gasteiger partial charge in [-0.2, -0.15) is 0 Å². The zero-order valence-electron chi connectivity index (χ0n) is 13.3. The molecule has 0 bridgehead atoms. The lowest BCUT2D eigenvalue weighted by Gasteiger charge is -2.08. The number of hydrogen-bond acceptors (Lipinski definition) is 3. The normalized spacial score (nSPS) is 11.0. The SMILES string of the molecule is COC(=O)CCc1c(-c2ccc(Cl)cc2)n(C)c2ccc(Cl)nc12. The number of carbonyl (C=O) groups excluding carboxylic acids is 1. The number of ether oxygens (including phenoxy) is 1. The van der Waals surface area contributed by atoms with Gasteiger partial charge in [-0.1, -0.05) is 35.3 Å². The van der Waals surface area contributed by atoms with E-state index >= 15 is 0 Å². The van der Waals surface area contributed by atoms with Crippen LogP contribution in [0.4, 0.5) is 0 Å². The van der Waals surface area contributed by atoms with Gasteiger partial charge >= 0.3 is 5.97 Å². The minimum atomic E-state index is -0.254. The van der Waals surface area contributed by atoms with Gasteiger partial charge in [-0.3, -0.25) is 4.79 Å². The molecule has 0 unspecified atom stereocenters. The molecule has 0 atom stereocenters. The molecule has 24 heavy (non-hydrogen) atoms. The maximum absolute atomic E-state index is 11.6. The molecule has 3 aromatic rings. The average molecular weight is 363 g/mol. The lowest BCUT2D eigenvalue weighted by atomic mass is 10.0. The lowest BCUT2D eigenvalue weighted by molar-refractivity contribution is -0.140. The number of halogens is 2. The molecule has 0 aliphatic rings. The van der Waals surface area contributed by atoms with E-state index in [1.54, 1.807) is 6.07 Å². The van der Waals surface area contributed by atoms with Crippen molar-refractivity contribution in [2.75, 3.05) is 7.11 Å². The topological polar surface area (TPSA) is 44.1 Å². The van der Waals surface area contributed by atoms with E-state index < -0.39 is 0 Å². The molecule has 2 heterocycles. The molecular weight excluding hydrogens is 347 g/mol. The highest BCUT2D eigenvalue weighted by Gasteiger charge is 2.19. The summed E-state index contributed by atoms with van der Waals surface area (Å²) in [5, 5.41) is 1.10. The molecule has 4 nitrogen and oxygen atoms in total. The molecule has 0 aliphatic carbocycles. The second-order valence-electron chi connectivity index (χ2n) is 5.47. The van der Waals surface area contributed by atoms with Crippen LogP contribution in [0.1, 0.15) is 12.0 Å². The molecule has 0 N–H and O–H groups in total. The Morgan fingerprint density at radius 1 is 1.17 bits per heavy atom. The zero-order chi connectivity index (χ0) is 17.3. The van der Waals surface area contributed by atoms with Crippen LogP contribution >= 0.6 is 23.2 Å². The van der Waals surface area contributed by atoms with Crippen molar-refractivity contribution in [2.45, 2.75) is 12.8 Å².